The third-order valence-electron chi connectivity index (χ3n) is 7.18. The van der Waals surface area contributed by atoms with Gasteiger partial charge in [-0.05, 0) is 80.3 Å². The quantitative estimate of drug-likeness (QED) is 0.525. The SMILES string of the molecule is O=C(NCCCn1cnc2ccccc21)C1CCN(S(=O)(=O)c2ccc3c(c2)CCCC3)CC1. The summed E-state index contributed by atoms with van der Waals surface area (Å²) in [5, 5.41) is 3.04. The van der Waals surface area contributed by atoms with E-state index in [-0.39, 0.29) is 11.8 Å². The maximum Gasteiger partial charge on any atom is 0.243 e. The largest absolute Gasteiger partial charge is 0.356 e. The van der Waals surface area contributed by atoms with Crippen molar-refractivity contribution in [3.8, 4) is 0 Å². The molecule has 1 amide bonds. The molecule has 0 radical (unpaired) electrons. The van der Waals surface area contributed by atoms with E-state index in [9.17, 15) is 13.2 Å². The van der Waals surface area contributed by atoms with Crippen molar-refractivity contribution in [1.82, 2.24) is 19.2 Å². The summed E-state index contributed by atoms with van der Waals surface area (Å²) in [5.41, 5.74) is 4.53. The highest BCUT2D eigenvalue weighted by Gasteiger charge is 2.32. The first-order valence-corrected chi connectivity index (χ1v) is 13.8. The maximum absolute atomic E-state index is 13.2. The first kappa shape index (κ1) is 23.1. The van der Waals surface area contributed by atoms with E-state index in [4.69, 9.17) is 0 Å². The molecule has 0 bridgehead atoms. The van der Waals surface area contributed by atoms with Gasteiger partial charge in [0.05, 0.1) is 22.3 Å². The summed E-state index contributed by atoms with van der Waals surface area (Å²) < 4.78 is 30.0. The molecule has 1 fully saturated rings. The van der Waals surface area contributed by atoms with Crippen molar-refractivity contribution < 1.29 is 13.2 Å². The Bertz CT molecular complexity index is 1280. The van der Waals surface area contributed by atoms with E-state index in [1.54, 1.807) is 10.4 Å². The molecule has 2 aromatic carbocycles. The van der Waals surface area contributed by atoms with Crippen LogP contribution in [0.1, 0.15) is 43.2 Å². The number of carbonyl (C=O) groups excluding carboxylic acids is 1. The van der Waals surface area contributed by atoms with Crippen molar-refractivity contribution >= 4 is 27.0 Å². The van der Waals surface area contributed by atoms with Crippen LogP contribution in [0.4, 0.5) is 0 Å². The van der Waals surface area contributed by atoms with Crippen LogP contribution in [0.5, 0.6) is 0 Å². The molecule has 1 aliphatic carbocycles. The minimum Gasteiger partial charge on any atom is -0.356 e. The molecule has 2 aliphatic rings. The Morgan fingerprint density at radius 2 is 1.79 bits per heavy atom. The molecule has 2 heterocycles. The smallest absolute Gasteiger partial charge is 0.243 e. The number of aromatic nitrogens is 2. The molecular formula is C26H32N4O3S. The number of amides is 1. The summed E-state index contributed by atoms with van der Waals surface area (Å²) in [6.45, 7) is 2.16. The number of nitrogens with zero attached hydrogens (tertiary/aromatic N) is 3. The highest BCUT2D eigenvalue weighted by atomic mass is 32.2. The van der Waals surface area contributed by atoms with E-state index in [1.807, 2.05) is 42.7 Å². The van der Waals surface area contributed by atoms with Crippen LogP contribution in [0.2, 0.25) is 0 Å². The van der Waals surface area contributed by atoms with Gasteiger partial charge in [-0.3, -0.25) is 4.79 Å². The normalized spacial score (nSPS) is 17.5. The van der Waals surface area contributed by atoms with Gasteiger partial charge in [-0.25, -0.2) is 13.4 Å². The average molecular weight is 481 g/mol. The van der Waals surface area contributed by atoms with E-state index in [2.05, 4.69) is 14.9 Å². The Balaban J connectivity index is 1.10. The van der Waals surface area contributed by atoms with Crippen LogP contribution in [-0.4, -0.2) is 47.8 Å². The maximum atomic E-state index is 13.2. The zero-order valence-corrected chi connectivity index (χ0v) is 20.3. The van der Waals surface area contributed by atoms with Crippen LogP contribution in [0.3, 0.4) is 0 Å². The monoisotopic (exact) mass is 480 g/mol. The second kappa shape index (κ2) is 9.88. The van der Waals surface area contributed by atoms with Crippen LogP contribution in [-0.2, 0) is 34.2 Å². The fourth-order valence-electron chi connectivity index (χ4n) is 5.17. The number of benzene rings is 2. The summed E-state index contributed by atoms with van der Waals surface area (Å²) in [4.78, 5) is 17.4. The summed E-state index contributed by atoms with van der Waals surface area (Å²) in [6.07, 6.45) is 8.06. The molecule has 0 unspecified atom stereocenters. The van der Waals surface area contributed by atoms with Crippen molar-refractivity contribution in [3.05, 3.63) is 59.9 Å². The molecule has 7 nitrogen and oxygen atoms in total. The summed E-state index contributed by atoms with van der Waals surface area (Å²) in [7, 11) is -3.52. The Morgan fingerprint density at radius 1 is 1.03 bits per heavy atom. The van der Waals surface area contributed by atoms with Crippen LogP contribution in [0.25, 0.3) is 11.0 Å². The van der Waals surface area contributed by atoms with Crippen molar-refractivity contribution in [2.75, 3.05) is 19.6 Å². The van der Waals surface area contributed by atoms with Gasteiger partial charge >= 0.3 is 0 Å². The van der Waals surface area contributed by atoms with Gasteiger partial charge in [0, 0.05) is 32.1 Å². The molecule has 180 valence electrons. The topological polar surface area (TPSA) is 84.3 Å². The highest BCUT2D eigenvalue weighted by molar-refractivity contribution is 7.89. The second-order valence-corrected chi connectivity index (χ2v) is 11.3. The van der Waals surface area contributed by atoms with E-state index in [0.717, 1.165) is 43.3 Å². The Kier molecular flexibility index (Phi) is 6.70. The first-order chi connectivity index (χ1) is 16.5. The minimum atomic E-state index is -3.52. The predicted octanol–water partition coefficient (Wildman–Crippen LogP) is 3.52. The Morgan fingerprint density at radius 3 is 2.62 bits per heavy atom. The van der Waals surface area contributed by atoms with Crippen LogP contribution in [0.15, 0.2) is 53.7 Å². The van der Waals surface area contributed by atoms with Crippen molar-refractivity contribution in [2.24, 2.45) is 5.92 Å². The van der Waals surface area contributed by atoms with Gasteiger partial charge in [-0.1, -0.05) is 18.2 Å². The lowest BCUT2D eigenvalue weighted by Gasteiger charge is -2.31. The zero-order chi connectivity index (χ0) is 23.5. The molecule has 3 aromatic rings. The number of nitrogens with one attached hydrogen (secondary N) is 1. The van der Waals surface area contributed by atoms with Gasteiger partial charge in [-0.2, -0.15) is 4.31 Å². The van der Waals surface area contributed by atoms with Gasteiger partial charge in [0.2, 0.25) is 15.9 Å². The number of imidazole rings is 1. The van der Waals surface area contributed by atoms with E-state index < -0.39 is 10.0 Å². The van der Waals surface area contributed by atoms with Crippen molar-refractivity contribution in [1.29, 1.82) is 0 Å². The average Bonchev–Trinajstić information content (AvgIpc) is 3.29. The number of fused-ring (bicyclic) bond motifs is 2. The van der Waals surface area contributed by atoms with Crippen molar-refractivity contribution in [3.63, 3.8) is 0 Å². The molecule has 1 saturated heterocycles. The van der Waals surface area contributed by atoms with E-state index in [0.29, 0.717) is 37.4 Å². The van der Waals surface area contributed by atoms with E-state index in [1.165, 1.54) is 17.5 Å². The lowest BCUT2D eigenvalue weighted by molar-refractivity contribution is -0.126. The first-order valence-electron chi connectivity index (χ1n) is 12.3. The number of aryl methyl sites for hydroxylation is 3. The number of piperidine rings is 1. The number of para-hydroxylation sites is 2. The molecule has 1 N–H and O–H groups in total. The number of sulfonamides is 1. The molecule has 34 heavy (non-hydrogen) atoms. The second-order valence-electron chi connectivity index (χ2n) is 9.39. The number of hydrogen-bond acceptors (Lipinski definition) is 4. The Hall–Kier alpha value is -2.71. The van der Waals surface area contributed by atoms with Gasteiger partial charge in [-0.15, -0.1) is 0 Å². The van der Waals surface area contributed by atoms with Crippen LogP contribution < -0.4 is 5.32 Å². The molecule has 1 aliphatic heterocycles. The van der Waals surface area contributed by atoms with E-state index >= 15 is 0 Å². The van der Waals surface area contributed by atoms with Crippen LogP contribution >= 0.6 is 0 Å². The van der Waals surface area contributed by atoms with Gasteiger partial charge in [0.15, 0.2) is 0 Å². The summed E-state index contributed by atoms with van der Waals surface area (Å²) in [5.74, 6) is -0.106. The Labute approximate surface area is 201 Å². The third-order valence-corrected chi connectivity index (χ3v) is 9.08. The lowest BCUT2D eigenvalue weighted by atomic mass is 9.92. The number of hydrogen-bond donors (Lipinski definition) is 1. The zero-order valence-electron chi connectivity index (χ0n) is 19.4. The molecule has 8 heteroatoms. The van der Waals surface area contributed by atoms with Gasteiger partial charge in [0.25, 0.3) is 0 Å². The van der Waals surface area contributed by atoms with Crippen molar-refractivity contribution in [2.45, 2.75) is 56.4 Å². The van der Waals surface area contributed by atoms with Crippen LogP contribution in [0, 0.1) is 5.92 Å². The van der Waals surface area contributed by atoms with Gasteiger partial charge in [0.1, 0.15) is 0 Å². The fraction of sp³-hybridized carbons (Fsp3) is 0.462. The number of carbonyl (C=O) groups is 1. The predicted molar refractivity (Wildman–Crippen MR) is 132 cm³/mol. The summed E-state index contributed by atoms with van der Waals surface area (Å²) >= 11 is 0. The number of rotatable bonds is 7. The molecule has 1 aromatic heterocycles. The molecule has 5 rings (SSSR count). The lowest BCUT2D eigenvalue weighted by Crippen LogP contribution is -2.43. The highest BCUT2D eigenvalue weighted by Crippen LogP contribution is 2.28. The summed E-state index contributed by atoms with van der Waals surface area (Å²) in [6, 6.07) is 13.6. The third kappa shape index (κ3) is 4.74. The molecule has 0 spiro atoms. The fourth-order valence-corrected chi connectivity index (χ4v) is 6.69. The standard InChI is InChI=1S/C26H32N4O3S/c31-26(27-14-5-15-29-19-28-24-8-3-4-9-25(24)29)21-12-16-30(17-13-21)34(32,33)23-11-10-20-6-1-2-7-22(20)18-23/h3-4,8-11,18-19,21H,1-2,5-7,12-17H2,(H,27,31). The molecular weight excluding hydrogens is 448 g/mol. The molecule has 0 saturated carbocycles. The van der Waals surface area contributed by atoms with Gasteiger partial charge < -0.3 is 9.88 Å². The minimum absolute atomic E-state index is 0.0290. The molecule has 0 atom stereocenters.